The van der Waals surface area contributed by atoms with Gasteiger partial charge in [-0.05, 0) is 43.0 Å². The summed E-state index contributed by atoms with van der Waals surface area (Å²) >= 11 is 6.17. The molecule has 1 aromatic rings. The van der Waals surface area contributed by atoms with Crippen LogP contribution in [0, 0.1) is 11.7 Å². The number of ether oxygens (including phenoxy) is 1. The summed E-state index contributed by atoms with van der Waals surface area (Å²) < 4.78 is 18.5. The van der Waals surface area contributed by atoms with Crippen LogP contribution in [0.15, 0.2) is 18.2 Å². The molecule has 0 spiro atoms. The molecule has 0 amide bonds. The van der Waals surface area contributed by atoms with Crippen LogP contribution in [0.25, 0.3) is 0 Å². The average Bonchev–Trinajstić information content (AvgIpc) is 2.38. The SMILES string of the molecule is CCNC(c1ccc(F)cc1Cl)C1CCOCC1. The minimum atomic E-state index is -0.286. The maximum Gasteiger partial charge on any atom is 0.124 e. The van der Waals surface area contributed by atoms with Crippen molar-refractivity contribution in [1.29, 1.82) is 0 Å². The van der Waals surface area contributed by atoms with Gasteiger partial charge in [-0.2, -0.15) is 0 Å². The Morgan fingerprint density at radius 2 is 2.17 bits per heavy atom. The molecule has 1 atom stereocenters. The number of halogens is 2. The van der Waals surface area contributed by atoms with E-state index in [2.05, 4.69) is 12.2 Å². The Morgan fingerprint density at radius 3 is 2.78 bits per heavy atom. The van der Waals surface area contributed by atoms with Gasteiger partial charge in [0.1, 0.15) is 5.82 Å². The molecule has 1 unspecified atom stereocenters. The lowest BCUT2D eigenvalue weighted by atomic mass is 9.87. The summed E-state index contributed by atoms with van der Waals surface area (Å²) in [5.41, 5.74) is 0.992. The molecule has 0 aliphatic carbocycles. The van der Waals surface area contributed by atoms with E-state index in [0.717, 1.165) is 38.2 Å². The van der Waals surface area contributed by atoms with Crippen LogP contribution in [-0.4, -0.2) is 19.8 Å². The zero-order chi connectivity index (χ0) is 13.0. The summed E-state index contributed by atoms with van der Waals surface area (Å²) in [5.74, 6) is 0.215. The summed E-state index contributed by atoms with van der Waals surface area (Å²) in [6.07, 6.45) is 2.04. The smallest absolute Gasteiger partial charge is 0.124 e. The Bertz CT molecular complexity index is 393. The molecule has 1 aliphatic rings. The van der Waals surface area contributed by atoms with Gasteiger partial charge < -0.3 is 10.1 Å². The van der Waals surface area contributed by atoms with Crippen LogP contribution in [0.5, 0.6) is 0 Å². The third-order valence-corrected chi connectivity index (χ3v) is 3.79. The Hall–Kier alpha value is -0.640. The molecule has 1 aromatic carbocycles. The van der Waals surface area contributed by atoms with Crippen LogP contribution in [-0.2, 0) is 4.74 Å². The monoisotopic (exact) mass is 271 g/mol. The number of rotatable bonds is 4. The van der Waals surface area contributed by atoms with E-state index in [1.807, 2.05) is 0 Å². The zero-order valence-corrected chi connectivity index (χ0v) is 11.3. The van der Waals surface area contributed by atoms with Gasteiger partial charge in [-0.25, -0.2) is 4.39 Å². The Kier molecular flexibility index (Phi) is 4.98. The van der Waals surface area contributed by atoms with E-state index in [-0.39, 0.29) is 11.9 Å². The second kappa shape index (κ2) is 6.50. The van der Waals surface area contributed by atoms with Crippen molar-refractivity contribution in [3.63, 3.8) is 0 Å². The fourth-order valence-electron chi connectivity index (χ4n) is 2.55. The highest BCUT2D eigenvalue weighted by Crippen LogP contribution is 2.34. The second-order valence-electron chi connectivity index (χ2n) is 4.65. The van der Waals surface area contributed by atoms with Crippen LogP contribution in [0.2, 0.25) is 5.02 Å². The fourth-order valence-corrected chi connectivity index (χ4v) is 2.84. The van der Waals surface area contributed by atoms with E-state index in [9.17, 15) is 4.39 Å². The predicted octanol–water partition coefficient (Wildman–Crippen LogP) is 3.56. The van der Waals surface area contributed by atoms with Crippen molar-refractivity contribution in [2.24, 2.45) is 5.92 Å². The van der Waals surface area contributed by atoms with E-state index >= 15 is 0 Å². The van der Waals surface area contributed by atoms with Crippen molar-refractivity contribution < 1.29 is 9.13 Å². The Balaban J connectivity index is 2.22. The molecule has 2 rings (SSSR count). The van der Waals surface area contributed by atoms with Crippen LogP contribution in [0.3, 0.4) is 0 Å². The third-order valence-electron chi connectivity index (χ3n) is 3.46. The minimum Gasteiger partial charge on any atom is -0.381 e. The van der Waals surface area contributed by atoms with Gasteiger partial charge in [0.05, 0.1) is 0 Å². The molecular weight excluding hydrogens is 253 g/mol. The van der Waals surface area contributed by atoms with E-state index in [1.54, 1.807) is 6.07 Å². The van der Waals surface area contributed by atoms with Crippen molar-refractivity contribution in [1.82, 2.24) is 5.32 Å². The van der Waals surface area contributed by atoms with Gasteiger partial charge in [0.2, 0.25) is 0 Å². The molecule has 4 heteroatoms. The van der Waals surface area contributed by atoms with Crippen LogP contribution in [0.1, 0.15) is 31.4 Å². The molecule has 18 heavy (non-hydrogen) atoms. The number of benzene rings is 1. The highest BCUT2D eigenvalue weighted by Gasteiger charge is 2.26. The molecule has 0 radical (unpaired) electrons. The zero-order valence-electron chi connectivity index (χ0n) is 10.6. The molecule has 1 aliphatic heterocycles. The van der Waals surface area contributed by atoms with Gasteiger partial charge >= 0.3 is 0 Å². The lowest BCUT2D eigenvalue weighted by molar-refractivity contribution is 0.0538. The topological polar surface area (TPSA) is 21.3 Å². The van der Waals surface area contributed by atoms with Gasteiger partial charge in [0.25, 0.3) is 0 Å². The quantitative estimate of drug-likeness (QED) is 0.904. The molecule has 0 bridgehead atoms. The normalized spacial score (nSPS) is 18.8. The lowest BCUT2D eigenvalue weighted by Crippen LogP contribution is -2.32. The van der Waals surface area contributed by atoms with Crippen LogP contribution in [0.4, 0.5) is 4.39 Å². The number of hydrogen-bond donors (Lipinski definition) is 1. The van der Waals surface area contributed by atoms with Crippen molar-refractivity contribution >= 4 is 11.6 Å². The highest BCUT2D eigenvalue weighted by atomic mass is 35.5. The molecule has 1 fully saturated rings. The van der Waals surface area contributed by atoms with Crippen molar-refractivity contribution in [2.45, 2.75) is 25.8 Å². The Labute approximate surface area is 112 Å². The molecular formula is C14H19ClFNO. The largest absolute Gasteiger partial charge is 0.381 e. The first kappa shape index (κ1) is 13.8. The summed E-state index contributed by atoms with van der Waals surface area (Å²) in [7, 11) is 0. The second-order valence-corrected chi connectivity index (χ2v) is 5.06. The van der Waals surface area contributed by atoms with Crippen LogP contribution < -0.4 is 5.32 Å². The lowest BCUT2D eigenvalue weighted by Gasteiger charge is -2.31. The Morgan fingerprint density at radius 1 is 1.44 bits per heavy atom. The van der Waals surface area contributed by atoms with Crippen LogP contribution >= 0.6 is 11.6 Å². The minimum absolute atomic E-state index is 0.187. The molecule has 100 valence electrons. The van der Waals surface area contributed by atoms with E-state index < -0.39 is 0 Å². The van der Waals surface area contributed by atoms with E-state index in [4.69, 9.17) is 16.3 Å². The van der Waals surface area contributed by atoms with Crippen molar-refractivity contribution in [2.75, 3.05) is 19.8 Å². The molecule has 1 heterocycles. The molecule has 0 aromatic heterocycles. The summed E-state index contributed by atoms with van der Waals surface area (Å²) in [6, 6.07) is 4.85. The number of hydrogen-bond acceptors (Lipinski definition) is 2. The maximum atomic E-state index is 13.1. The maximum absolute atomic E-state index is 13.1. The number of nitrogens with one attached hydrogen (secondary N) is 1. The summed E-state index contributed by atoms with van der Waals surface area (Å²) in [4.78, 5) is 0. The first-order valence-electron chi connectivity index (χ1n) is 6.48. The predicted molar refractivity (Wildman–Crippen MR) is 71.4 cm³/mol. The summed E-state index contributed by atoms with van der Waals surface area (Å²) in [5, 5.41) is 3.97. The van der Waals surface area contributed by atoms with Gasteiger partial charge in [0.15, 0.2) is 0 Å². The standard InChI is InChI=1S/C14H19ClFNO/c1-2-17-14(10-5-7-18-8-6-10)12-4-3-11(16)9-13(12)15/h3-4,9-10,14,17H,2,5-8H2,1H3. The molecule has 1 N–H and O–H groups in total. The van der Waals surface area contributed by atoms with Gasteiger partial charge in [-0.15, -0.1) is 0 Å². The van der Waals surface area contributed by atoms with Crippen molar-refractivity contribution in [3.05, 3.63) is 34.6 Å². The van der Waals surface area contributed by atoms with Gasteiger partial charge in [-0.3, -0.25) is 0 Å². The van der Waals surface area contributed by atoms with E-state index in [0.29, 0.717) is 10.9 Å². The van der Waals surface area contributed by atoms with Crippen molar-refractivity contribution in [3.8, 4) is 0 Å². The van der Waals surface area contributed by atoms with Gasteiger partial charge in [0, 0.05) is 24.3 Å². The summed E-state index contributed by atoms with van der Waals surface area (Å²) in [6.45, 7) is 4.54. The first-order chi connectivity index (χ1) is 8.72. The molecule has 1 saturated heterocycles. The first-order valence-corrected chi connectivity index (χ1v) is 6.86. The fraction of sp³-hybridized carbons (Fsp3) is 0.571. The van der Waals surface area contributed by atoms with E-state index in [1.165, 1.54) is 12.1 Å². The third kappa shape index (κ3) is 3.22. The molecule has 0 saturated carbocycles. The van der Waals surface area contributed by atoms with Gasteiger partial charge in [-0.1, -0.05) is 24.6 Å². The average molecular weight is 272 g/mol. The highest BCUT2D eigenvalue weighted by molar-refractivity contribution is 6.31. The molecule has 2 nitrogen and oxygen atoms in total.